The molecule has 0 amide bonds. The SMILES string of the molecule is Cc1ccc(-c2csc3ncnc(Nc4ccc5c(c4)C(=O)c4ccccc4C5=O)c23)cc1. The van der Waals surface area contributed by atoms with E-state index in [0.717, 1.165) is 21.3 Å². The van der Waals surface area contributed by atoms with Gasteiger partial charge >= 0.3 is 0 Å². The molecule has 5 aromatic rings. The number of benzene rings is 3. The molecule has 1 aliphatic carbocycles. The van der Waals surface area contributed by atoms with Crippen LogP contribution in [0.2, 0.25) is 0 Å². The molecular formula is C27H17N3O2S. The molecule has 5 nitrogen and oxygen atoms in total. The first kappa shape index (κ1) is 19.5. The Balaban J connectivity index is 1.43. The Hall–Kier alpha value is -4.16. The van der Waals surface area contributed by atoms with Crippen LogP contribution in [0.15, 0.2) is 78.4 Å². The standard InChI is InChI=1S/C27H17N3O2S/c1-15-6-8-16(9-7-15)22-13-33-27-23(22)26(28-14-29-27)30-17-10-11-20-21(12-17)25(32)19-5-3-2-4-18(19)24(20)31/h2-14H,1H3,(H,28,29,30). The molecule has 1 N–H and O–H groups in total. The maximum Gasteiger partial charge on any atom is 0.194 e. The van der Waals surface area contributed by atoms with Gasteiger partial charge in [0.1, 0.15) is 17.0 Å². The van der Waals surface area contributed by atoms with E-state index in [9.17, 15) is 9.59 Å². The molecule has 0 spiro atoms. The van der Waals surface area contributed by atoms with Crippen LogP contribution in [0.5, 0.6) is 0 Å². The highest BCUT2D eigenvalue weighted by atomic mass is 32.1. The molecule has 0 unspecified atom stereocenters. The van der Waals surface area contributed by atoms with E-state index in [1.165, 1.54) is 11.9 Å². The molecule has 0 saturated heterocycles. The zero-order valence-electron chi connectivity index (χ0n) is 17.6. The van der Waals surface area contributed by atoms with Gasteiger partial charge in [0.05, 0.1) is 5.39 Å². The molecule has 33 heavy (non-hydrogen) atoms. The van der Waals surface area contributed by atoms with Gasteiger partial charge in [0.2, 0.25) is 0 Å². The first-order valence-electron chi connectivity index (χ1n) is 10.5. The third-order valence-electron chi connectivity index (χ3n) is 5.92. The Labute approximate surface area is 193 Å². The summed E-state index contributed by atoms with van der Waals surface area (Å²) in [5.74, 6) is 0.384. The molecule has 158 valence electrons. The van der Waals surface area contributed by atoms with Crippen molar-refractivity contribution in [1.29, 1.82) is 0 Å². The number of nitrogens with zero attached hydrogens (tertiary/aromatic N) is 2. The van der Waals surface area contributed by atoms with E-state index in [4.69, 9.17) is 0 Å². The third kappa shape index (κ3) is 3.15. The first-order chi connectivity index (χ1) is 16.1. The Morgan fingerprint density at radius 1 is 0.758 bits per heavy atom. The zero-order valence-corrected chi connectivity index (χ0v) is 18.4. The summed E-state index contributed by atoms with van der Waals surface area (Å²) >= 11 is 1.56. The highest BCUT2D eigenvalue weighted by Gasteiger charge is 2.29. The van der Waals surface area contributed by atoms with Gasteiger partial charge in [-0.05, 0) is 30.7 Å². The van der Waals surface area contributed by atoms with Crippen LogP contribution in [-0.2, 0) is 0 Å². The van der Waals surface area contributed by atoms with Gasteiger partial charge < -0.3 is 5.32 Å². The molecule has 6 rings (SSSR count). The van der Waals surface area contributed by atoms with Crippen LogP contribution in [0, 0.1) is 6.92 Å². The molecule has 0 atom stereocenters. The fourth-order valence-corrected chi connectivity index (χ4v) is 5.15. The number of ketones is 2. The monoisotopic (exact) mass is 447 g/mol. The average Bonchev–Trinajstić information content (AvgIpc) is 3.28. The van der Waals surface area contributed by atoms with Gasteiger partial charge in [0, 0.05) is 38.9 Å². The number of aromatic nitrogens is 2. The van der Waals surface area contributed by atoms with Crippen molar-refractivity contribution in [2.24, 2.45) is 0 Å². The largest absolute Gasteiger partial charge is 0.340 e. The minimum atomic E-state index is -0.146. The van der Waals surface area contributed by atoms with Crippen LogP contribution in [0.3, 0.4) is 0 Å². The van der Waals surface area contributed by atoms with Crippen LogP contribution < -0.4 is 5.32 Å². The molecule has 2 heterocycles. The molecule has 6 heteroatoms. The maximum atomic E-state index is 13.1. The summed E-state index contributed by atoms with van der Waals surface area (Å²) in [5, 5.41) is 6.37. The fraction of sp³-hybridized carbons (Fsp3) is 0.0370. The number of thiophene rings is 1. The summed E-state index contributed by atoms with van der Waals surface area (Å²) in [6.45, 7) is 2.06. The van der Waals surface area contributed by atoms with Crippen molar-refractivity contribution in [3.05, 3.63) is 106 Å². The van der Waals surface area contributed by atoms with Gasteiger partial charge in [-0.2, -0.15) is 0 Å². The Bertz CT molecular complexity index is 1590. The lowest BCUT2D eigenvalue weighted by molar-refractivity contribution is 0.0979. The van der Waals surface area contributed by atoms with E-state index >= 15 is 0 Å². The minimum absolute atomic E-state index is 0.129. The molecule has 0 bridgehead atoms. The number of hydrogen-bond donors (Lipinski definition) is 1. The fourth-order valence-electron chi connectivity index (χ4n) is 4.23. The topological polar surface area (TPSA) is 72.0 Å². The summed E-state index contributed by atoms with van der Waals surface area (Å²) in [6, 6.07) is 20.6. The van der Waals surface area contributed by atoms with Crippen LogP contribution in [0.4, 0.5) is 11.5 Å². The number of fused-ring (bicyclic) bond motifs is 3. The van der Waals surface area contributed by atoms with Crippen molar-refractivity contribution in [3.8, 4) is 11.1 Å². The molecular weight excluding hydrogens is 430 g/mol. The summed E-state index contributed by atoms with van der Waals surface area (Å²) in [4.78, 5) is 35.8. The van der Waals surface area contributed by atoms with Crippen molar-refractivity contribution < 1.29 is 9.59 Å². The van der Waals surface area contributed by atoms with Crippen molar-refractivity contribution in [2.75, 3.05) is 5.32 Å². The first-order valence-corrected chi connectivity index (χ1v) is 11.4. The average molecular weight is 448 g/mol. The second kappa shape index (κ2) is 7.46. The van der Waals surface area contributed by atoms with Gasteiger partial charge in [0.25, 0.3) is 0 Å². The molecule has 0 saturated carbocycles. The van der Waals surface area contributed by atoms with Crippen LogP contribution >= 0.6 is 11.3 Å². The van der Waals surface area contributed by atoms with E-state index in [-0.39, 0.29) is 11.6 Å². The van der Waals surface area contributed by atoms with Crippen molar-refractivity contribution in [1.82, 2.24) is 9.97 Å². The molecule has 1 aliphatic rings. The molecule has 3 aromatic carbocycles. The Kier molecular flexibility index (Phi) is 4.41. The molecule has 0 radical (unpaired) electrons. The van der Waals surface area contributed by atoms with Crippen molar-refractivity contribution in [3.63, 3.8) is 0 Å². The second-order valence-corrected chi connectivity index (χ2v) is 8.87. The maximum absolute atomic E-state index is 13.1. The predicted molar refractivity (Wildman–Crippen MR) is 131 cm³/mol. The zero-order chi connectivity index (χ0) is 22.5. The number of hydrogen-bond acceptors (Lipinski definition) is 6. The lowest BCUT2D eigenvalue weighted by Crippen LogP contribution is -2.20. The lowest BCUT2D eigenvalue weighted by atomic mass is 9.84. The van der Waals surface area contributed by atoms with E-state index in [2.05, 4.69) is 51.9 Å². The summed E-state index contributed by atoms with van der Waals surface area (Å²) < 4.78 is 0. The number of nitrogens with one attached hydrogen (secondary N) is 1. The molecule has 2 aromatic heterocycles. The highest BCUT2D eigenvalue weighted by Crippen LogP contribution is 2.38. The molecule has 0 aliphatic heterocycles. The van der Waals surface area contributed by atoms with E-state index < -0.39 is 0 Å². The third-order valence-corrected chi connectivity index (χ3v) is 6.81. The van der Waals surface area contributed by atoms with Crippen molar-refractivity contribution in [2.45, 2.75) is 6.92 Å². The van der Waals surface area contributed by atoms with Gasteiger partial charge in [-0.3, -0.25) is 9.59 Å². The number of aryl methyl sites for hydroxylation is 1. The number of carbonyl (C=O) groups excluding carboxylic acids is 2. The normalized spacial score (nSPS) is 12.5. The van der Waals surface area contributed by atoms with Gasteiger partial charge in [-0.25, -0.2) is 9.97 Å². The number of anilines is 2. The quantitative estimate of drug-likeness (QED) is 0.350. The van der Waals surface area contributed by atoms with E-state index in [1.54, 1.807) is 47.7 Å². The summed E-state index contributed by atoms with van der Waals surface area (Å²) in [5.41, 5.74) is 5.75. The van der Waals surface area contributed by atoms with Gasteiger partial charge in [-0.15, -0.1) is 11.3 Å². The lowest BCUT2D eigenvalue weighted by Gasteiger charge is -2.18. The predicted octanol–water partition coefficient (Wildman–Crippen LogP) is 6.19. The Morgan fingerprint density at radius 3 is 2.21 bits per heavy atom. The van der Waals surface area contributed by atoms with E-state index in [1.807, 2.05) is 6.07 Å². The smallest absolute Gasteiger partial charge is 0.194 e. The Morgan fingerprint density at radius 2 is 1.45 bits per heavy atom. The van der Waals surface area contributed by atoms with Crippen molar-refractivity contribution >= 4 is 44.6 Å². The van der Waals surface area contributed by atoms with Gasteiger partial charge in [0.15, 0.2) is 11.6 Å². The number of rotatable bonds is 3. The second-order valence-electron chi connectivity index (χ2n) is 8.01. The number of carbonyl (C=O) groups is 2. The van der Waals surface area contributed by atoms with Crippen LogP contribution in [0.1, 0.15) is 37.4 Å². The van der Waals surface area contributed by atoms with Gasteiger partial charge in [-0.1, -0.05) is 54.1 Å². The summed E-state index contributed by atoms with van der Waals surface area (Å²) in [6.07, 6.45) is 1.53. The minimum Gasteiger partial charge on any atom is -0.340 e. The highest BCUT2D eigenvalue weighted by molar-refractivity contribution is 7.17. The molecule has 0 fully saturated rings. The van der Waals surface area contributed by atoms with E-state index in [0.29, 0.717) is 33.8 Å². The van der Waals surface area contributed by atoms with Crippen LogP contribution in [-0.4, -0.2) is 21.5 Å². The summed E-state index contributed by atoms with van der Waals surface area (Å²) in [7, 11) is 0. The van der Waals surface area contributed by atoms with Crippen LogP contribution in [0.25, 0.3) is 21.3 Å².